The van der Waals surface area contributed by atoms with Crippen LogP contribution in [0.2, 0.25) is 0 Å². The summed E-state index contributed by atoms with van der Waals surface area (Å²) >= 11 is 0. The van der Waals surface area contributed by atoms with E-state index in [1.54, 1.807) is 0 Å². The Morgan fingerprint density at radius 1 is 1.04 bits per heavy atom. The molecule has 1 saturated heterocycles. The molecule has 2 aromatic rings. The lowest BCUT2D eigenvalue weighted by atomic mass is 9.87. The molecule has 2 heterocycles. The molecule has 0 N–H and O–H groups in total. The van der Waals surface area contributed by atoms with Crippen LogP contribution in [0.25, 0.3) is 0 Å². The third-order valence-corrected chi connectivity index (χ3v) is 5.22. The Balaban J connectivity index is 1.39. The average molecular weight is 382 g/mol. The van der Waals surface area contributed by atoms with Crippen LogP contribution in [-0.2, 0) is 16.6 Å². The van der Waals surface area contributed by atoms with Crippen LogP contribution in [0.5, 0.6) is 5.75 Å². The molecule has 0 aliphatic carbocycles. The van der Waals surface area contributed by atoms with E-state index in [0.29, 0.717) is 0 Å². The molecule has 1 aromatic heterocycles. The molecule has 1 amide bonds. The lowest BCUT2D eigenvalue weighted by molar-refractivity contribution is -0.135. The van der Waals surface area contributed by atoms with Crippen molar-refractivity contribution in [2.75, 3.05) is 39.3 Å². The van der Waals surface area contributed by atoms with Crippen molar-refractivity contribution >= 4 is 5.91 Å². The van der Waals surface area contributed by atoms with Crippen LogP contribution in [0.15, 0.2) is 48.7 Å². The van der Waals surface area contributed by atoms with Crippen molar-refractivity contribution in [3.8, 4) is 5.75 Å². The number of carbonyl (C=O) groups is 1. The second-order valence-electron chi connectivity index (χ2n) is 8.36. The van der Waals surface area contributed by atoms with Crippen molar-refractivity contribution in [2.24, 2.45) is 0 Å². The zero-order valence-corrected chi connectivity index (χ0v) is 17.2. The van der Waals surface area contributed by atoms with Crippen molar-refractivity contribution in [1.29, 1.82) is 0 Å². The molecule has 150 valence electrons. The number of aromatic nitrogens is 1. The fourth-order valence-corrected chi connectivity index (χ4v) is 3.33. The molecule has 1 fully saturated rings. The van der Waals surface area contributed by atoms with E-state index in [-0.39, 0.29) is 17.9 Å². The molecule has 1 aromatic carbocycles. The summed E-state index contributed by atoms with van der Waals surface area (Å²) in [5, 5.41) is 0. The molecule has 0 saturated carbocycles. The van der Waals surface area contributed by atoms with Crippen molar-refractivity contribution in [1.82, 2.24) is 14.8 Å². The molecule has 0 bridgehead atoms. The van der Waals surface area contributed by atoms with Crippen LogP contribution in [0.4, 0.5) is 0 Å². The van der Waals surface area contributed by atoms with Gasteiger partial charge in [0.05, 0.1) is 0 Å². The van der Waals surface area contributed by atoms with E-state index in [9.17, 15) is 4.79 Å². The van der Waals surface area contributed by atoms with E-state index in [2.05, 4.69) is 48.9 Å². The van der Waals surface area contributed by atoms with Gasteiger partial charge in [-0.25, -0.2) is 0 Å². The fraction of sp³-hybridized carbons (Fsp3) is 0.478. The topological polar surface area (TPSA) is 45.7 Å². The first kappa shape index (κ1) is 20.3. The highest BCUT2D eigenvalue weighted by atomic mass is 16.5. The molecular formula is C23H31N3O2. The Morgan fingerprint density at radius 3 is 2.36 bits per heavy atom. The van der Waals surface area contributed by atoms with Gasteiger partial charge >= 0.3 is 0 Å². The number of nitrogens with zero attached hydrogens (tertiary/aromatic N) is 3. The number of pyridine rings is 1. The van der Waals surface area contributed by atoms with Gasteiger partial charge in [0.15, 0.2) is 6.61 Å². The maximum Gasteiger partial charge on any atom is 0.260 e. The number of benzene rings is 1. The summed E-state index contributed by atoms with van der Waals surface area (Å²) in [7, 11) is 0. The van der Waals surface area contributed by atoms with Gasteiger partial charge in [-0.05, 0) is 35.2 Å². The van der Waals surface area contributed by atoms with Gasteiger partial charge in [0, 0.05) is 51.0 Å². The summed E-state index contributed by atoms with van der Waals surface area (Å²) in [5.74, 6) is 0.805. The molecule has 3 rings (SSSR count). The largest absolute Gasteiger partial charge is 0.484 e. The summed E-state index contributed by atoms with van der Waals surface area (Å²) in [6.45, 7) is 10.9. The summed E-state index contributed by atoms with van der Waals surface area (Å²) in [4.78, 5) is 21.1. The first-order chi connectivity index (χ1) is 13.4. The van der Waals surface area contributed by atoms with E-state index in [1.807, 2.05) is 35.4 Å². The molecular weight excluding hydrogens is 350 g/mol. The lowest BCUT2D eigenvalue weighted by Crippen LogP contribution is -2.50. The highest BCUT2D eigenvalue weighted by Crippen LogP contribution is 2.24. The first-order valence-electron chi connectivity index (χ1n) is 10.1. The van der Waals surface area contributed by atoms with Gasteiger partial charge in [0.25, 0.3) is 5.91 Å². The van der Waals surface area contributed by atoms with E-state index in [0.717, 1.165) is 50.6 Å². The summed E-state index contributed by atoms with van der Waals surface area (Å²) in [5.41, 5.74) is 2.49. The predicted molar refractivity (Wildman–Crippen MR) is 112 cm³/mol. The van der Waals surface area contributed by atoms with Gasteiger partial charge < -0.3 is 9.64 Å². The third-order valence-electron chi connectivity index (χ3n) is 5.22. The number of piperazine rings is 1. The van der Waals surface area contributed by atoms with Gasteiger partial charge in [-0.3, -0.25) is 14.7 Å². The van der Waals surface area contributed by atoms with Crippen LogP contribution in [-0.4, -0.2) is 60.0 Å². The predicted octanol–water partition coefficient (Wildman–Crippen LogP) is 3.14. The molecule has 28 heavy (non-hydrogen) atoms. The van der Waals surface area contributed by atoms with Crippen LogP contribution in [0.3, 0.4) is 0 Å². The first-order valence-corrected chi connectivity index (χ1v) is 10.1. The highest BCUT2D eigenvalue weighted by molar-refractivity contribution is 5.77. The van der Waals surface area contributed by atoms with Gasteiger partial charge in [-0.1, -0.05) is 39.0 Å². The van der Waals surface area contributed by atoms with Gasteiger partial charge in [-0.2, -0.15) is 0 Å². The molecule has 5 heteroatoms. The van der Waals surface area contributed by atoms with Gasteiger partial charge in [-0.15, -0.1) is 0 Å². The Labute approximate surface area is 168 Å². The van der Waals surface area contributed by atoms with Gasteiger partial charge in [0.2, 0.25) is 0 Å². The van der Waals surface area contributed by atoms with Crippen LogP contribution in [0, 0.1) is 0 Å². The molecule has 0 radical (unpaired) electrons. The highest BCUT2D eigenvalue weighted by Gasteiger charge is 2.21. The number of amides is 1. The molecule has 0 atom stereocenters. The second-order valence-corrected chi connectivity index (χ2v) is 8.36. The molecule has 0 spiro atoms. The standard InChI is InChI=1S/C23H31N3O2/c1-23(2,3)19-7-9-21(10-8-19)28-18-22(27)26-16-14-25(15-17-26)13-11-20-6-4-5-12-24-20/h4-10,12H,11,13-18H2,1-3H3. The van der Waals surface area contributed by atoms with E-state index < -0.39 is 0 Å². The van der Waals surface area contributed by atoms with Gasteiger partial charge in [0.1, 0.15) is 5.75 Å². The van der Waals surface area contributed by atoms with E-state index in [4.69, 9.17) is 4.74 Å². The third kappa shape index (κ3) is 5.80. The lowest BCUT2D eigenvalue weighted by Gasteiger charge is -2.34. The zero-order valence-electron chi connectivity index (χ0n) is 17.2. The monoisotopic (exact) mass is 381 g/mol. The Hall–Kier alpha value is -2.40. The Morgan fingerprint density at radius 2 is 1.75 bits per heavy atom. The smallest absolute Gasteiger partial charge is 0.260 e. The minimum atomic E-state index is 0.0595. The average Bonchev–Trinajstić information content (AvgIpc) is 2.71. The summed E-state index contributed by atoms with van der Waals surface area (Å²) in [6, 6.07) is 14.1. The number of rotatable bonds is 6. The van der Waals surface area contributed by atoms with Crippen LogP contribution in [0.1, 0.15) is 32.0 Å². The normalized spacial score (nSPS) is 15.5. The van der Waals surface area contributed by atoms with E-state index >= 15 is 0 Å². The number of hydrogen-bond donors (Lipinski definition) is 0. The molecule has 0 unspecified atom stereocenters. The van der Waals surface area contributed by atoms with Crippen molar-refractivity contribution < 1.29 is 9.53 Å². The van der Waals surface area contributed by atoms with Crippen LogP contribution >= 0.6 is 0 Å². The summed E-state index contributed by atoms with van der Waals surface area (Å²) in [6.07, 6.45) is 2.78. The summed E-state index contributed by atoms with van der Waals surface area (Å²) < 4.78 is 5.71. The molecule has 1 aliphatic rings. The number of carbonyl (C=O) groups excluding carboxylic acids is 1. The van der Waals surface area contributed by atoms with E-state index in [1.165, 1.54) is 5.56 Å². The van der Waals surface area contributed by atoms with Crippen molar-refractivity contribution in [3.05, 3.63) is 59.9 Å². The molecule has 1 aliphatic heterocycles. The second kappa shape index (κ2) is 9.20. The Kier molecular flexibility index (Phi) is 6.68. The zero-order chi connectivity index (χ0) is 20.0. The van der Waals surface area contributed by atoms with Crippen molar-refractivity contribution in [3.63, 3.8) is 0 Å². The SMILES string of the molecule is CC(C)(C)c1ccc(OCC(=O)N2CCN(CCc3ccccn3)CC2)cc1. The number of ether oxygens (including phenoxy) is 1. The van der Waals surface area contributed by atoms with Crippen LogP contribution < -0.4 is 4.74 Å². The number of hydrogen-bond acceptors (Lipinski definition) is 4. The van der Waals surface area contributed by atoms with Crippen molar-refractivity contribution in [2.45, 2.75) is 32.6 Å². The minimum Gasteiger partial charge on any atom is -0.484 e. The maximum atomic E-state index is 12.5. The maximum absolute atomic E-state index is 12.5. The minimum absolute atomic E-state index is 0.0595. The Bertz CT molecular complexity index is 746. The molecule has 5 nitrogen and oxygen atoms in total. The quantitative estimate of drug-likeness (QED) is 0.771. The fourth-order valence-electron chi connectivity index (χ4n) is 3.33.